The molecule has 0 saturated carbocycles. The summed E-state index contributed by atoms with van der Waals surface area (Å²) in [6, 6.07) is 0. The summed E-state index contributed by atoms with van der Waals surface area (Å²) in [6.45, 7) is 13.2. The van der Waals surface area contributed by atoms with Crippen molar-refractivity contribution in [2.75, 3.05) is 52.9 Å². The van der Waals surface area contributed by atoms with Crippen LogP contribution in [0.15, 0.2) is 0 Å². The summed E-state index contributed by atoms with van der Waals surface area (Å²) >= 11 is 0. The van der Waals surface area contributed by atoms with Gasteiger partial charge in [-0.1, -0.05) is 13.8 Å². The fraction of sp³-hybridized carbons (Fsp3) is 1.00. The molecule has 16 heavy (non-hydrogen) atoms. The van der Waals surface area contributed by atoms with E-state index in [1.165, 1.54) is 58.7 Å². The van der Waals surface area contributed by atoms with Gasteiger partial charge >= 0.3 is 0 Å². The number of nitrogens with one attached hydrogen (secondary N) is 1. The lowest BCUT2D eigenvalue weighted by molar-refractivity contribution is 0.197. The maximum atomic E-state index is 3.41. The Kier molecular flexibility index (Phi) is 7.01. The number of rotatable bonds is 7. The Hall–Kier alpha value is -0.120. The van der Waals surface area contributed by atoms with Gasteiger partial charge in [-0.05, 0) is 38.9 Å². The van der Waals surface area contributed by atoms with Gasteiger partial charge in [0, 0.05) is 32.7 Å². The van der Waals surface area contributed by atoms with Crippen LogP contribution in [0.5, 0.6) is 0 Å². The van der Waals surface area contributed by atoms with Crippen molar-refractivity contribution >= 4 is 0 Å². The van der Waals surface area contributed by atoms with Gasteiger partial charge in [-0.2, -0.15) is 0 Å². The van der Waals surface area contributed by atoms with Gasteiger partial charge in [-0.25, -0.2) is 0 Å². The third-order valence-electron chi connectivity index (χ3n) is 3.39. The van der Waals surface area contributed by atoms with Crippen LogP contribution in [0.25, 0.3) is 0 Å². The molecule has 0 bridgehead atoms. The van der Waals surface area contributed by atoms with Crippen LogP contribution in [0.2, 0.25) is 0 Å². The second-order valence-electron chi connectivity index (χ2n) is 5.25. The third-order valence-corrected chi connectivity index (χ3v) is 3.39. The molecule has 1 N–H and O–H groups in total. The lowest BCUT2D eigenvalue weighted by atomic mass is 10.1. The second kappa shape index (κ2) is 8.04. The Morgan fingerprint density at radius 3 is 2.56 bits per heavy atom. The highest BCUT2D eigenvalue weighted by atomic mass is 15.2. The second-order valence-corrected chi connectivity index (χ2v) is 5.25. The molecule has 1 heterocycles. The zero-order valence-corrected chi connectivity index (χ0v) is 11.3. The largest absolute Gasteiger partial charge is 0.314 e. The standard InChI is InChI=1S/C13H29N3/c1-4-8-15(3)9-5-13(2)12-16-10-6-14-7-11-16/h13-14H,4-12H2,1-3H3. The van der Waals surface area contributed by atoms with E-state index >= 15 is 0 Å². The van der Waals surface area contributed by atoms with Gasteiger partial charge in [-0.15, -0.1) is 0 Å². The molecule has 3 heteroatoms. The first-order valence-corrected chi connectivity index (χ1v) is 6.84. The van der Waals surface area contributed by atoms with Crippen LogP contribution in [0.4, 0.5) is 0 Å². The molecule has 1 aliphatic rings. The van der Waals surface area contributed by atoms with Crippen LogP contribution in [-0.4, -0.2) is 62.7 Å². The molecule has 1 atom stereocenters. The molecule has 0 amide bonds. The third kappa shape index (κ3) is 5.83. The summed E-state index contributed by atoms with van der Waals surface area (Å²) in [5.41, 5.74) is 0. The minimum Gasteiger partial charge on any atom is -0.314 e. The van der Waals surface area contributed by atoms with Crippen LogP contribution in [0, 0.1) is 5.92 Å². The Balaban J connectivity index is 2.07. The zero-order chi connectivity index (χ0) is 11.8. The van der Waals surface area contributed by atoms with Crippen LogP contribution in [-0.2, 0) is 0 Å². The van der Waals surface area contributed by atoms with E-state index in [9.17, 15) is 0 Å². The van der Waals surface area contributed by atoms with Crippen molar-refractivity contribution < 1.29 is 0 Å². The highest BCUT2D eigenvalue weighted by Crippen LogP contribution is 2.07. The fourth-order valence-corrected chi connectivity index (χ4v) is 2.36. The van der Waals surface area contributed by atoms with Gasteiger partial charge in [0.15, 0.2) is 0 Å². The van der Waals surface area contributed by atoms with E-state index < -0.39 is 0 Å². The number of nitrogens with zero attached hydrogens (tertiary/aromatic N) is 2. The van der Waals surface area contributed by atoms with Crippen molar-refractivity contribution in [2.45, 2.75) is 26.7 Å². The van der Waals surface area contributed by atoms with Gasteiger partial charge in [0.05, 0.1) is 0 Å². The molecular weight excluding hydrogens is 198 g/mol. The van der Waals surface area contributed by atoms with E-state index in [2.05, 4.69) is 36.0 Å². The molecule has 1 saturated heterocycles. The lowest BCUT2D eigenvalue weighted by Gasteiger charge is -2.30. The van der Waals surface area contributed by atoms with Crippen molar-refractivity contribution in [3.63, 3.8) is 0 Å². The molecule has 0 radical (unpaired) electrons. The maximum absolute atomic E-state index is 3.41. The first-order valence-electron chi connectivity index (χ1n) is 6.84. The summed E-state index contributed by atoms with van der Waals surface area (Å²) in [5.74, 6) is 0.831. The highest BCUT2D eigenvalue weighted by Gasteiger charge is 2.13. The topological polar surface area (TPSA) is 18.5 Å². The molecule has 1 fully saturated rings. The average molecular weight is 227 g/mol. The molecule has 0 aromatic rings. The number of hydrogen-bond acceptors (Lipinski definition) is 3. The number of piperazine rings is 1. The van der Waals surface area contributed by atoms with Crippen molar-refractivity contribution in [1.82, 2.24) is 15.1 Å². The van der Waals surface area contributed by atoms with Gasteiger partial charge in [-0.3, -0.25) is 0 Å². The van der Waals surface area contributed by atoms with E-state index in [1.54, 1.807) is 0 Å². The van der Waals surface area contributed by atoms with Crippen LogP contribution in [0.1, 0.15) is 26.7 Å². The monoisotopic (exact) mass is 227 g/mol. The molecule has 1 aliphatic heterocycles. The van der Waals surface area contributed by atoms with E-state index in [0.29, 0.717) is 0 Å². The summed E-state index contributed by atoms with van der Waals surface area (Å²) in [6.07, 6.45) is 2.60. The first-order chi connectivity index (χ1) is 7.72. The molecule has 0 spiro atoms. The van der Waals surface area contributed by atoms with Crippen molar-refractivity contribution in [3.8, 4) is 0 Å². The Bertz CT molecular complexity index is 167. The Morgan fingerprint density at radius 1 is 1.25 bits per heavy atom. The summed E-state index contributed by atoms with van der Waals surface area (Å²) < 4.78 is 0. The van der Waals surface area contributed by atoms with E-state index in [4.69, 9.17) is 0 Å². The van der Waals surface area contributed by atoms with Crippen LogP contribution < -0.4 is 5.32 Å². The van der Waals surface area contributed by atoms with Crippen molar-refractivity contribution in [3.05, 3.63) is 0 Å². The SMILES string of the molecule is CCCN(C)CCC(C)CN1CCNCC1. The van der Waals surface area contributed by atoms with Gasteiger partial charge in [0.25, 0.3) is 0 Å². The lowest BCUT2D eigenvalue weighted by Crippen LogP contribution is -2.45. The van der Waals surface area contributed by atoms with E-state index in [1.807, 2.05) is 0 Å². The summed E-state index contributed by atoms with van der Waals surface area (Å²) in [7, 11) is 2.24. The van der Waals surface area contributed by atoms with Crippen LogP contribution >= 0.6 is 0 Å². The Morgan fingerprint density at radius 2 is 1.94 bits per heavy atom. The van der Waals surface area contributed by atoms with Crippen molar-refractivity contribution in [2.24, 2.45) is 5.92 Å². The summed E-state index contributed by atoms with van der Waals surface area (Å²) in [5, 5.41) is 3.41. The van der Waals surface area contributed by atoms with Gasteiger partial charge < -0.3 is 15.1 Å². The normalized spacial score (nSPS) is 20.2. The Labute approximate surface area is 101 Å². The maximum Gasteiger partial charge on any atom is 0.0107 e. The summed E-state index contributed by atoms with van der Waals surface area (Å²) in [4.78, 5) is 5.05. The predicted octanol–water partition coefficient (Wildman–Crippen LogP) is 1.26. The molecule has 96 valence electrons. The van der Waals surface area contributed by atoms with E-state index in [-0.39, 0.29) is 0 Å². The number of hydrogen-bond donors (Lipinski definition) is 1. The van der Waals surface area contributed by atoms with Gasteiger partial charge in [0.1, 0.15) is 0 Å². The zero-order valence-electron chi connectivity index (χ0n) is 11.3. The minimum atomic E-state index is 0.831. The predicted molar refractivity (Wildman–Crippen MR) is 70.9 cm³/mol. The average Bonchev–Trinajstić information content (AvgIpc) is 2.28. The van der Waals surface area contributed by atoms with Crippen LogP contribution in [0.3, 0.4) is 0 Å². The fourth-order valence-electron chi connectivity index (χ4n) is 2.36. The molecule has 0 aromatic carbocycles. The molecular formula is C13H29N3. The molecule has 0 aliphatic carbocycles. The highest BCUT2D eigenvalue weighted by molar-refractivity contribution is 4.70. The quantitative estimate of drug-likeness (QED) is 0.706. The van der Waals surface area contributed by atoms with Crippen molar-refractivity contribution in [1.29, 1.82) is 0 Å². The molecule has 1 unspecified atom stereocenters. The van der Waals surface area contributed by atoms with E-state index in [0.717, 1.165) is 5.92 Å². The first kappa shape index (κ1) is 13.9. The molecule has 3 nitrogen and oxygen atoms in total. The van der Waals surface area contributed by atoms with Gasteiger partial charge in [0.2, 0.25) is 0 Å². The minimum absolute atomic E-state index is 0.831. The molecule has 0 aromatic heterocycles. The smallest absolute Gasteiger partial charge is 0.0107 e. The molecule has 1 rings (SSSR count).